The Balaban J connectivity index is 1.84. The highest BCUT2D eigenvalue weighted by atomic mass is 16.5. The largest absolute Gasteiger partial charge is 0.383 e. The van der Waals surface area contributed by atoms with E-state index in [0.717, 1.165) is 12.2 Å². The second-order valence-corrected chi connectivity index (χ2v) is 3.40. The van der Waals surface area contributed by atoms with Crippen LogP contribution in [-0.2, 0) is 11.3 Å². The van der Waals surface area contributed by atoms with Gasteiger partial charge in [-0.25, -0.2) is 0 Å². The molecular formula is C9H15N3O. The van der Waals surface area contributed by atoms with Gasteiger partial charge in [-0.3, -0.25) is 4.68 Å². The van der Waals surface area contributed by atoms with Crippen LogP contribution in [0.2, 0.25) is 0 Å². The number of hydrogen-bond acceptors (Lipinski definition) is 3. The minimum atomic E-state index is 0.695. The smallest absolute Gasteiger partial charge is 0.0728 e. The summed E-state index contributed by atoms with van der Waals surface area (Å²) in [6.45, 7) is 1.54. The van der Waals surface area contributed by atoms with Gasteiger partial charge in [0.2, 0.25) is 0 Å². The van der Waals surface area contributed by atoms with Crippen LogP contribution < -0.4 is 5.32 Å². The van der Waals surface area contributed by atoms with Gasteiger partial charge in [0.15, 0.2) is 0 Å². The van der Waals surface area contributed by atoms with Crippen LogP contribution in [0.15, 0.2) is 12.4 Å². The lowest BCUT2D eigenvalue weighted by molar-refractivity contribution is 0.183. The fourth-order valence-electron chi connectivity index (χ4n) is 1.21. The van der Waals surface area contributed by atoms with Gasteiger partial charge in [-0.05, 0) is 12.8 Å². The lowest BCUT2D eigenvalue weighted by atomic mass is 10.5. The lowest BCUT2D eigenvalue weighted by Crippen LogP contribution is -2.04. The van der Waals surface area contributed by atoms with Crippen LogP contribution in [0, 0.1) is 0 Å². The summed E-state index contributed by atoms with van der Waals surface area (Å²) in [4.78, 5) is 0. The van der Waals surface area contributed by atoms with Crippen molar-refractivity contribution in [3.05, 3.63) is 12.4 Å². The summed E-state index contributed by atoms with van der Waals surface area (Å²) in [5.41, 5.74) is 1.12. The minimum Gasteiger partial charge on any atom is -0.383 e. The van der Waals surface area contributed by atoms with E-state index in [4.69, 9.17) is 4.74 Å². The molecule has 0 bridgehead atoms. The van der Waals surface area contributed by atoms with Crippen molar-refractivity contribution >= 4 is 5.69 Å². The van der Waals surface area contributed by atoms with E-state index in [0.29, 0.717) is 12.6 Å². The van der Waals surface area contributed by atoms with Crippen molar-refractivity contribution in [2.24, 2.45) is 0 Å². The molecule has 1 aromatic rings. The summed E-state index contributed by atoms with van der Waals surface area (Å²) in [5, 5.41) is 7.60. The standard InChI is InChI=1S/C9H15N3O/c1-13-5-4-12-7-9(6-10-12)11-8-2-3-8/h6-8,11H,2-5H2,1H3. The van der Waals surface area contributed by atoms with Gasteiger partial charge in [-0.2, -0.15) is 5.10 Å². The third-order valence-electron chi connectivity index (χ3n) is 2.11. The molecule has 1 heterocycles. The van der Waals surface area contributed by atoms with Crippen molar-refractivity contribution in [2.45, 2.75) is 25.4 Å². The topological polar surface area (TPSA) is 39.1 Å². The normalized spacial score (nSPS) is 16.1. The first kappa shape index (κ1) is 8.56. The first-order chi connectivity index (χ1) is 6.38. The van der Waals surface area contributed by atoms with E-state index in [1.807, 2.05) is 17.1 Å². The maximum absolute atomic E-state index is 4.97. The molecule has 1 saturated carbocycles. The fraction of sp³-hybridized carbons (Fsp3) is 0.667. The average Bonchev–Trinajstić information content (AvgIpc) is 2.81. The number of nitrogens with zero attached hydrogens (tertiary/aromatic N) is 2. The first-order valence-corrected chi connectivity index (χ1v) is 4.66. The molecule has 0 aliphatic heterocycles. The van der Waals surface area contributed by atoms with Crippen LogP contribution in [-0.4, -0.2) is 29.5 Å². The van der Waals surface area contributed by atoms with Crippen molar-refractivity contribution in [1.82, 2.24) is 9.78 Å². The molecule has 1 fully saturated rings. The van der Waals surface area contributed by atoms with Gasteiger partial charge in [-0.15, -0.1) is 0 Å². The molecule has 0 saturated heterocycles. The van der Waals surface area contributed by atoms with Gasteiger partial charge >= 0.3 is 0 Å². The highest BCUT2D eigenvalue weighted by molar-refractivity contribution is 5.40. The Kier molecular flexibility index (Phi) is 2.49. The van der Waals surface area contributed by atoms with Crippen LogP contribution in [0.4, 0.5) is 5.69 Å². The second-order valence-electron chi connectivity index (χ2n) is 3.40. The first-order valence-electron chi connectivity index (χ1n) is 4.66. The molecule has 0 spiro atoms. The fourth-order valence-corrected chi connectivity index (χ4v) is 1.21. The molecule has 4 heteroatoms. The van der Waals surface area contributed by atoms with E-state index in [-0.39, 0.29) is 0 Å². The predicted molar refractivity (Wildman–Crippen MR) is 50.7 cm³/mol. The highest BCUT2D eigenvalue weighted by Gasteiger charge is 2.21. The van der Waals surface area contributed by atoms with Crippen LogP contribution >= 0.6 is 0 Å². The molecule has 0 unspecified atom stereocenters. The van der Waals surface area contributed by atoms with Crippen molar-refractivity contribution in [3.8, 4) is 0 Å². The SMILES string of the molecule is COCCn1cc(NC2CC2)cn1. The zero-order valence-corrected chi connectivity index (χ0v) is 7.86. The monoisotopic (exact) mass is 181 g/mol. The summed E-state index contributed by atoms with van der Waals surface area (Å²) in [6, 6.07) is 0.695. The zero-order valence-electron chi connectivity index (χ0n) is 7.86. The average molecular weight is 181 g/mol. The Bertz CT molecular complexity index is 268. The van der Waals surface area contributed by atoms with Crippen molar-refractivity contribution < 1.29 is 4.74 Å². The molecule has 1 N–H and O–H groups in total. The number of ether oxygens (including phenoxy) is 1. The lowest BCUT2D eigenvalue weighted by Gasteiger charge is -1.99. The van der Waals surface area contributed by atoms with Gasteiger partial charge in [0.05, 0.1) is 25.0 Å². The molecule has 0 aromatic carbocycles. The summed E-state index contributed by atoms with van der Waals surface area (Å²) in [7, 11) is 1.70. The number of methoxy groups -OCH3 is 1. The molecule has 1 aliphatic rings. The number of hydrogen-bond donors (Lipinski definition) is 1. The molecule has 4 nitrogen and oxygen atoms in total. The highest BCUT2D eigenvalue weighted by Crippen LogP contribution is 2.23. The van der Waals surface area contributed by atoms with E-state index in [2.05, 4.69) is 10.4 Å². The van der Waals surface area contributed by atoms with Crippen molar-refractivity contribution in [3.63, 3.8) is 0 Å². The van der Waals surface area contributed by atoms with Gasteiger partial charge in [0, 0.05) is 19.3 Å². The minimum absolute atomic E-state index is 0.695. The van der Waals surface area contributed by atoms with Gasteiger partial charge < -0.3 is 10.1 Å². The predicted octanol–water partition coefficient (Wildman–Crippen LogP) is 1.10. The molecule has 72 valence electrons. The quantitative estimate of drug-likeness (QED) is 0.739. The van der Waals surface area contributed by atoms with Gasteiger partial charge in [-0.1, -0.05) is 0 Å². The van der Waals surface area contributed by atoms with E-state index in [1.54, 1.807) is 7.11 Å². The number of anilines is 1. The van der Waals surface area contributed by atoms with Gasteiger partial charge in [0.25, 0.3) is 0 Å². The molecular weight excluding hydrogens is 166 g/mol. The molecule has 0 amide bonds. The Labute approximate surface area is 77.9 Å². The van der Waals surface area contributed by atoms with Crippen LogP contribution in [0.25, 0.3) is 0 Å². The number of aromatic nitrogens is 2. The van der Waals surface area contributed by atoms with Gasteiger partial charge in [0.1, 0.15) is 0 Å². The Morgan fingerprint density at radius 2 is 2.54 bits per heavy atom. The van der Waals surface area contributed by atoms with E-state index < -0.39 is 0 Å². The maximum Gasteiger partial charge on any atom is 0.0728 e. The summed E-state index contributed by atoms with van der Waals surface area (Å²) >= 11 is 0. The van der Waals surface area contributed by atoms with Crippen molar-refractivity contribution in [1.29, 1.82) is 0 Å². The third kappa shape index (κ3) is 2.45. The van der Waals surface area contributed by atoms with E-state index >= 15 is 0 Å². The van der Waals surface area contributed by atoms with Crippen LogP contribution in [0.5, 0.6) is 0 Å². The Morgan fingerprint density at radius 1 is 1.69 bits per heavy atom. The summed E-state index contributed by atoms with van der Waals surface area (Å²) < 4.78 is 6.86. The van der Waals surface area contributed by atoms with Crippen LogP contribution in [0.3, 0.4) is 0 Å². The van der Waals surface area contributed by atoms with E-state index in [1.165, 1.54) is 12.8 Å². The zero-order chi connectivity index (χ0) is 9.10. The molecule has 2 rings (SSSR count). The maximum atomic E-state index is 4.97. The Morgan fingerprint density at radius 3 is 3.23 bits per heavy atom. The number of nitrogens with one attached hydrogen (secondary N) is 1. The second kappa shape index (κ2) is 3.79. The summed E-state index contributed by atoms with van der Waals surface area (Å²) in [6.07, 6.45) is 6.48. The molecule has 1 aromatic heterocycles. The number of rotatable bonds is 5. The van der Waals surface area contributed by atoms with Crippen molar-refractivity contribution in [2.75, 3.05) is 19.0 Å². The summed E-state index contributed by atoms with van der Waals surface area (Å²) in [5.74, 6) is 0. The molecule has 1 aliphatic carbocycles. The third-order valence-corrected chi connectivity index (χ3v) is 2.11. The molecule has 13 heavy (non-hydrogen) atoms. The van der Waals surface area contributed by atoms with E-state index in [9.17, 15) is 0 Å². The molecule has 0 radical (unpaired) electrons. The molecule has 0 atom stereocenters. The Hall–Kier alpha value is -1.03. The van der Waals surface area contributed by atoms with Crippen LogP contribution in [0.1, 0.15) is 12.8 Å².